The third-order valence-electron chi connectivity index (χ3n) is 4.05. The number of hydrogen-bond donors (Lipinski definition) is 1. The third-order valence-corrected chi connectivity index (χ3v) is 4.75. The lowest BCUT2D eigenvalue weighted by atomic mass is 9.98. The second-order valence-electron chi connectivity index (χ2n) is 5.05. The van der Waals surface area contributed by atoms with Crippen molar-refractivity contribution in [2.75, 3.05) is 19.6 Å². The van der Waals surface area contributed by atoms with Gasteiger partial charge >= 0.3 is 0 Å². The van der Waals surface area contributed by atoms with Gasteiger partial charge < -0.3 is 5.73 Å². The molecule has 1 aliphatic heterocycles. The molecule has 0 aromatic carbocycles. The van der Waals surface area contributed by atoms with Crippen LogP contribution in [0.3, 0.4) is 0 Å². The molecule has 0 saturated carbocycles. The Morgan fingerprint density at radius 3 is 3.00 bits per heavy atom. The van der Waals surface area contributed by atoms with E-state index >= 15 is 0 Å². The summed E-state index contributed by atoms with van der Waals surface area (Å²) in [5.74, 6) is 0.931. The lowest BCUT2D eigenvalue weighted by Gasteiger charge is -2.29. The van der Waals surface area contributed by atoms with Crippen LogP contribution in [0.25, 0.3) is 0 Å². The van der Waals surface area contributed by atoms with Crippen molar-refractivity contribution in [3.63, 3.8) is 0 Å². The standard InChI is InChI=1S/C14H24N2S/c1-2-12-4-3-7-16(8-5-12)14(10-15)13-6-9-17-11-13/h6,9,11-12,14H,2-5,7-8,10,15H2,1H3. The second-order valence-corrected chi connectivity index (χ2v) is 5.83. The van der Waals surface area contributed by atoms with Crippen LogP contribution in [0.5, 0.6) is 0 Å². The normalized spacial score (nSPS) is 24.5. The number of thiophene rings is 1. The molecule has 2 atom stereocenters. The van der Waals surface area contributed by atoms with Crippen LogP contribution >= 0.6 is 11.3 Å². The number of hydrogen-bond acceptors (Lipinski definition) is 3. The van der Waals surface area contributed by atoms with E-state index in [1.165, 1.54) is 44.3 Å². The fraction of sp³-hybridized carbons (Fsp3) is 0.714. The molecule has 0 aliphatic carbocycles. The maximum Gasteiger partial charge on any atom is 0.0478 e. The summed E-state index contributed by atoms with van der Waals surface area (Å²) < 4.78 is 0. The van der Waals surface area contributed by atoms with E-state index in [1.54, 1.807) is 11.3 Å². The molecule has 96 valence electrons. The molecule has 2 N–H and O–H groups in total. The highest BCUT2D eigenvalue weighted by Gasteiger charge is 2.22. The molecule has 0 spiro atoms. The molecule has 1 aromatic rings. The smallest absolute Gasteiger partial charge is 0.0478 e. The minimum Gasteiger partial charge on any atom is -0.329 e. The maximum atomic E-state index is 5.98. The average molecular weight is 252 g/mol. The molecule has 2 heterocycles. The van der Waals surface area contributed by atoms with Crippen LogP contribution in [-0.2, 0) is 0 Å². The van der Waals surface area contributed by atoms with Crippen LogP contribution < -0.4 is 5.73 Å². The maximum absolute atomic E-state index is 5.98. The molecule has 2 rings (SSSR count). The van der Waals surface area contributed by atoms with Gasteiger partial charge in [-0.2, -0.15) is 11.3 Å². The first-order chi connectivity index (χ1) is 8.35. The molecular weight excluding hydrogens is 228 g/mol. The molecule has 0 bridgehead atoms. The Bertz CT molecular complexity index is 310. The number of nitrogens with two attached hydrogens (primary N) is 1. The summed E-state index contributed by atoms with van der Waals surface area (Å²) in [6.45, 7) is 5.50. The van der Waals surface area contributed by atoms with Crippen molar-refractivity contribution in [1.29, 1.82) is 0 Å². The summed E-state index contributed by atoms with van der Waals surface area (Å²) in [6, 6.07) is 2.67. The summed E-state index contributed by atoms with van der Waals surface area (Å²) in [5, 5.41) is 4.41. The van der Waals surface area contributed by atoms with Crippen LogP contribution in [0.15, 0.2) is 16.8 Å². The summed E-state index contributed by atoms with van der Waals surface area (Å²) in [5.41, 5.74) is 7.39. The number of likely N-dealkylation sites (tertiary alicyclic amines) is 1. The van der Waals surface area contributed by atoms with Crippen LogP contribution in [0.4, 0.5) is 0 Å². The molecule has 1 aliphatic rings. The van der Waals surface area contributed by atoms with E-state index in [4.69, 9.17) is 5.73 Å². The largest absolute Gasteiger partial charge is 0.329 e. The SMILES string of the molecule is CCC1CCCN(C(CN)c2ccsc2)CC1. The highest BCUT2D eigenvalue weighted by Crippen LogP contribution is 2.27. The molecule has 0 amide bonds. The van der Waals surface area contributed by atoms with Crippen molar-refractivity contribution in [3.8, 4) is 0 Å². The van der Waals surface area contributed by atoms with Gasteiger partial charge in [0.2, 0.25) is 0 Å². The number of rotatable bonds is 4. The minimum atomic E-state index is 0.442. The lowest BCUT2D eigenvalue weighted by Crippen LogP contribution is -2.34. The Morgan fingerprint density at radius 2 is 2.35 bits per heavy atom. The number of nitrogens with zero attached hydrogens (tertiary/aromatic N) is 1. The molecule has 17 heavy (non-hydrogen) atoms. The Hall–Kier alpha value is -0.380. The molecule has 0 radical (unpaired) electrons. The summed E-state index contributed by atoms with van der Waals surface area (Å²) >= 11 is 1.78. The molecule has 1 saturated heterocycles. The van der Waals surface area contributed by atoms with Gasteiger partial charge in [-0.3, -0.25) is 4.90 Å². The fourth-order valence-corrected chi connectivity index (χ4v) is 3.58. The van der Waals surface area contributed by atoms with Gasteiger partial charge in [0, 0.05) is 12.6 Å². The minimum absolute atomic E-state index is 0.442. The van der Waals surface area contributed by atoms with Gasteiger partial charge in [-0.25, -0.2) is 0 Å². The predicted octanol–water partition coefficient (Wildman–Crippen LogP) is 3.26. The van der Waals surface area contributed by atoms with E-state index in [9.17, 15) is 0 Å². The Kier molecular flexibility index (Phi) is 5.01. The zero-order valence-electron chi connectivity index (χ0n) is 10.8. The monoisotopic (exact) mass is 252 g/mol. The van der Waals surface area contributed by atoms with Gasteiger partial charge in [0.1, 0.15) is 0 Å². The first-order valence-electron chi connectivity index (χ1n) is 6.81. The average Bonchev–Trinajstić information content (AvgIpc) is 2.76. The van der Waals surface area contributed by atoms with E-state index in [2.05, 4.69) is 28.7 Å². The topological polar surface area (TPSA) is 29.3 Å². The van der Waals surface area contributed by atoms with E-state index in [-0.39, 0.29) is 0 Å². The first kappa shape index (κ1) is 13.1. The van der Waals surface area contributed by atoms with E-state index in [1.807, 2.05) is 0 Å². The van der Waals surface area contributed by atoms with Crippen molar-refractivity contribution in [2.45, 2.75) is 38.6 Å². The van der Waals surface area contributed by atoms with Crippen molar-refractivity contribution in [1.82, 2.24) is 4.90 Å². The van der Waals surface area contributed by atoms with Crippen molar-refractivity contribution in [2.24, 2.45) is 11.7 Å². The highest BCUT2D eigenvalue weighted by molar-refractivity contribution is 7.07. The van der Waals surface area contributed by atoms with Crippen LogP contribution in [0.1, 0.15) is 44.2 Å². The summed E-state index contributed by atoms with van der Waals surface area (Å²) in [6.07, 6.45) is 5.41. The quantitative estimate of drug-likeness (QED) is 0.891. The van der Waals surface area contributed by atoms with Gasteiger partial charge in [0.15, 0.2) is 0 Å². The fourth-order valence-electron chi connectivity index (χ4n) is 2.87. The van der Waals surface area contributed by atoms with Gasteiger partial charge in [-0.15, -0.1) is 0 Å². The molecule has 2 unspecified atom stereocenters. The molecule has 2 nitrogen and oxygen atoms in total. The lowest BCUT2D eigenvalue weighted by molar-refractivity contribution is 0.207. The van der Waals surface area contributed by atoms with Gasteiger partial charge in [-0.1, -0.05) is 13.3 Å². The Balaban J connectivity index is 2.00. The molecule has 1 fully saturated rings. The van der Waals surface area contributed by atoms with Crippen molar-refractivity contribution < 1.29 is 0 Å². The summed E-state index contributed by atoms with van der Waals surface area (Å²) in [7, 11) is 0. The predicted molar refractivity (Wildman–Crippen MR) is 75.3 cm³/mol. The van der Waals surface area contributed by atoms with Crippen LogP contribution in [-0.4, -0.2) is 24.5 Å². The van der Waals surface area contributed by atoms with Crippen LogP contribution in [0.2, 0.25) is 0 Å². The third kappa shape index (κ3) is 3.30. The van der Waals surface area contributed by atoms with Crippen LogP contribution in [0, 0.1) is 5.92 Å². The zero-order valence-corrected chi connectivity index (χ0v) is 11.6. The van der Waals surface area contributed by atoms with Gasteiger partial charge in [0.05, 0.1) is 0 Å². The molecular formula is C14H24N2S. The van der Waals surface area contributed by atoms with E-state index in [0.717, 1.165) is 12.5 Å². The van der Waals surface area contributed by atoms with Gasteiger partial charge in [-0.05, 0) is 60.7 Å². The zero-order chi connectivity index (χ0) is 12.1. The second kappa shape index (κ2) is 6.53. The van der Waals surface area contributed by atoms with E-state index in [0.29, 0.717) is 6.04 Å². The van der Waals surface area contributed by atoms with Crippen molar-refractivity contribution in [3.05, 3.63) is 22.4 Å². The first-order valence-corrected chi connectivity index (χ1v) is 7.75. The highest BCUT2D eigenvalue weighted by atomic mass is 32.1. The summed E-state index contributed by atoms with van der Waals surface area (Å²) in [4.78, 5) is 2.59. The molecule has 1 aromatic heterocycles. The Morgan fingerprint density at radius 1 is 1.47 bits per heavy atom. The van der Waals surface area contributed by atoms with Crippen molar-refractivity contribution >= 4 is 11.3 Å². The van der Waals surface area contributed by atoms with Gasteiger partial charge in [0.25, 0.3) is 0 Å². The molecule has 3 heteroatoms. The Labute approximate surface area is 109 Å². The van der Waals surface area contributed by atoms with E-state index < -0.39 is 0 Å².